The summed E-state index contributed by atoms with van der Waals surface area (Å²) in [5.41, 5.74) is 7.54. The summed E-state index contributed by atoms with van der Waals surface area (Å²) in [5.74, 6) is 0.744. The van der Waals surface area contributed by atoms with Gasteiger partial charge in [0.15, 0.2) is 0 Å². The van der Waals surface area contributed by atoms with E-state index in [9.17, 15) is 8.42 Å². The van der Waals surface area contributed by atoms with Crippen LogP contribution < -0.4 is 10.5 Å². The maximum absolute atomic E-state index is 11.8. The van der Waals surface area contributed by atoms with E-state index in [4.69, 9.17) is 5.73 Å². The molecule has 0 aromatic heterocycles. The van der Waals surface area contributed by atoms with E-state index in [0.717, 1.165) is 17.9 Å². The van der Waals surface area contributed by atoms with E-state index in [0.29, 0.717) is 12.2 Å². The van der Waals surface area contributed by atoms with Gasteiger partial charge in [-0.25, -0.2) is 13.1 Å². The van der Waals surface area contributed by atoms with E-state index in [1.807, 2.05) is 6.07 Å². The van der Waals surface area contributed by atoms with Crippen molar-refractivity contribution in [2.24, 2.45) is 5.92 Å². The molecule has 1 saturated carbocycles. The number of nitrogens with one attached hydrogen (secondary N) is 1. The van der Waals surface area contributed by atoms with E-state index in [2.05, 4.69) is 4.72 Å². The Hall–Kier alpha value is -1.07. The van der Waals surface area contributed by atoms with Crippen molar-refractivity contribution in [2.45, 2.75) is 31.1 Å². The fraction of sp³-hybridized carbons (Fsp3) is 0.500. The van der Waals surface area contributed by atoms with Gasteiger partial charge in [0.05, 0.1) is 4.90 Å². The minimum atomic E-state index is -3.39. The molecule has 0 radical (unpaired) electrons. The van der Waals surface area contributed by atoms with E-state index >= 15 is 0 Å². The van der Waals surface area contributed by atoms with Crippen molar-refractivity contribution < 1.29 is 8.42 Å². The van der Waals surface area contributed by atoms with Gasteiger partial charge in [0.25, 0.3) is 0 Å². The van der Waals surface area contributed by atoms with Gasteiger partial charge in [0, 0.05) is 12.2 Å². The Balaban J connectivity index is 2.23. The van der Waals surface area contributed by atoms with Crippen LogP contribution in [0.3, 0.4) is 0 Å². The molecule has 1 fully saturated rings. The van der Waals surface area contributed by atoms with Gasteiger partial charge >= 0.3 is 0 Å². The Morgan fingerprint density at radius 2 is 2.12 bits per heavy atom. The van der Waals surface area contributed by atoms with Crippen molar-refractivity contribution in [2.75, 3.05) is 12.3 Å². The SMILES string of the molecule is CCNS(=O)(=O)c1ccc(CC2CC2)c(N)c1. The standard InChI is InChI=1S/C12H18N2O2S/c1-2-14-17(15,16)11-6-5-10(12(13)8-11)7-9-3-4-9/h5-6,8-9,14H,2-4,7,13H2,1H3. The zero-order valence-corrected chi connectivity index (χ0v) is 10.8. The van der Waals surface area contributed by atoms with Crippen LogP contribution in [0.5, 0.6) is 0 Å². The molecule has 0 aliphatic heterocycles. The van der Waals surface area contributed by atoms with Crippen molar-refractivity contribution in [3.63, 3.8) is 0 Å². The fourth-order valence-corrected chi connectivity index (χ4v) is 2.91. The molecule has 1 aromatic carbocycles. The topological polar surface area (TPSA) is 72.2 Å². The highest BCUT2D eigenvalue weighted by Crippen LogP contribution is 2.34. The van der Waals surface area contributed by atoms with Crippen LogP contribution in [-0.4, -0.2) is 15.0 Å². The Morgan fingerprint density at radius 3 is 2.65 bits per heavy atom. The van der Waals surface area contributed by atoms with Gasteiger partial charge in [-0.2, -0.15) is 0 Å². The zero-order chi connectivity index (χ0) is 12.5. The van der Waals surface area contributed by atoms with E-state index in [1.165, 1.54) is 12.8 Å². The minimum absolute atomic E-state index is 0.247. The first-order chi connectivity index (χ1) is 8.03. The summed E-state index contributed by atoms with van der Waals surface area (Å²) in [6.45, 7) is 2.13. The highest BCUT2D eigenvalue weighted by molar-refractivity contribution is 7.89. The van der Waals surface area contributed by atoms with Crippen LogP contribution in [0.4, 0.5) is 5.69 Å². The molecular formula is C12H18N2O2S. The average Bonchev–Trinajstić information content (AvgIpc) is 3.04. The number of sulfonamides is 1. The molecule has 0 saturated heterocycles. The van der Waals surface area contributed by atoms with Crippen LogP contribution in [0.2, 0.25) is 0 Å². The van der Waals surface area contributed by atoms with Gasteiger partial charge in [-0.05, 0) is 42.9 Å². The molecule has 17 heavy (non-hydrogen) atoms. The summed E-state index contributed by atoms with van der Waals surface area (Å²) in [7, 11) is -3.39. The van der Waals surface area contributed by atoms with Gasteiger partial charge in [0.2, 0.25) is 10.0 Å². The van der Waals surface area contributed by atoms with Crippen LogP contribution in [-0.2, 0) is 16.4 Å². The lowest BCUT2D eigenvalue weighted by molar-refractivity contribution is 0.584. The molecule has 3 N–H and O–H groups in total. The molecule has 0 bridgehead atoms. The molecule has 2 rings (SSSR count). The lowest BCUT2D eigenvalue weighted by Crippen LogP contribution is -2.23. The lowest BCUT2D eigenvalue weighted by Gasteiger charge is -2.09. The predicted molar refractivity (Wildman–Crippen MR) is 68.1 cm³/mol. The van der Waals surface area contributed by atoms with Crippen molar-refractivity contribution >= 4 is 15.7 Å². The summed E-state index contributed by atoms with van der Waals surface area (Å²) in [6.07, 6.45) is 3.49. The molecule has 4 nitrogen and oxygen atoms in total. The number of hydrogen-bond donors (Lipinski definition) is 2. The third-order valence-corrected chi connectivity index (χ3v) is 4.51. The molecule has 94 valence electrons. The molecule has 0 heterocycles. The molecular weight excluding hydrogens is 236 g/mol. The first-order valence-electron chi connectivity index (χ1n) is 5.91. The molecule has 0 spiro atoms. The van der Waals surface area contributed by atoms with Gasteiger partial charge in [-0.15, -0.1) is 0 Å². The van der Waals surface area contributed by atoms with Crippen LogP contribution >= 0.6 is 0 Å². The number of benzene rings is 1. The summed E-state index contributed by atoms with van der Waals surface area (Å²) in [5, 5.41) is 0. The molecule has 1 aliphatic carbocycles. The molecule has 0 atom stereocenters. The van der Waals surface area contributed by atoms with Crippen LogP contribution in [0.15, 0.2) is 23.1 Å². The zero-order valence-electron chi connectivity index (χ0n) is 9.94. The van der Waals surface area contributed by atoms with Crippen LogP contribution in [0, 0.1) is 5.92 Å². The molecule has 5 heteroatoms. The monoisotopic (exact) mass is 254 g/mol. The Bertz CT molecular complexity index is 507. The maximum Gasteiger partial charge on any atom is 0.240 e. The molecule has 0 amide bonds. The second-order valence-electron chi connectivity index (χ2n) is 4.51. The van der Waals surface area contributed by atoms with E-state index in [-0.39, 0.29) is 4.90 Å². The van der Waals surface area contributed by atoms with Gasteiger partial charge < -0.3 is 5.73 Å². The fourth-order valence-electron chi connectivity index (χ4n) is 1.83. The summed E-state index contributed by atoms with van der Waals surface area (Å²) in [6, 6.07) is 5.01. The number of nitrogens with two attached hydrogens (primary N) is 1. The quantitative estimate of drug-likeness (QED) is 0.782. The first kappa shape index (κ1) is 12.4. The number of rotatable bonds is 5. The van der Waals surface area contributed by atoms with Gasteiger partial charge in [-0.3, -0.25) is 0 Å². The molecule has 1 aromatic rings. The summed E-state index contributed by atoms with van der Waals surface area (Å²) >= 11 is 0. The second-order valence-corrected chi connectivity index (χ2v) is 6.28. The van der Waals surface area contributed by atoms with Crippen molar-refractivity contribution in [1.29, 1.82) is 0 Å². The van der Waals surface area contributed by atoms with Crippen molar-refractivity contribution in [1.82, 2.24) is 4.72 Å². The normalized spacial score (nSPS) is 16.1. The largest absolute Gasteiger partial charge is 0.398 e. The van der Waals surface area contributed by atoms with Crippen LogP contribution in [0.25, 0.3) is 0 Å². The van der Waals surface area contributed by atoms with E-state index < -0.39 is 10.0 Å². The van der Waals surface area contributed by atoms with Crippen molar-refractivity contribution in [3.05, 3.63) is 23.8 Å². The van der Waals surface area contributed by atoms with E-state index in [1.54, 1.807) is 19.1 Å². The maximum atomic E-state index is 11.8. The Labute approximate surface area is 102 Å². The highest BCUT2D eigenvalue weighted by Gasteiger charge is 2.23. The number of nitrogen functional groups attached to an aromatic ring is 1. The van der Waals surface area contributed by atoms with Crippen molar-refractivity contribution in [3.8, 4) is 0 Å². The summed E-state index contributed by atoms with van der Waals surface area (Å²) in [4.78, 5) is 0.247. The average molecular weight is 254 g/mol. The predicted octanol–water partition coefficient (Wildman–Crippen LogP) is 1.52. The summed E-state index contributed by atoms with van der Waals surface area (Å²) < 4.78 is 26.0. The Morgan fingerprint density at radius 1 is 1.41 bits per heavy atom. The van der Waals surface area contributed by atoms with Crippen LogP contribution in [0.1, 0.15) is 25.3 Å². The molecule has 1 aliphatic rings. The Kier molecular flexibility index (Phi) is 3.40. The lowest BCUT2D eigenvalue weighted by atomic mass is 10.1. The molecule has 0 unspecified atom stereocenters. The number of hydrogen-bond acceptors (Lipinski definition) is 3. The minimum Gasteiger partial charge on any atom is -0.398 e. The third-order valence-electron chi connectivity index (χ3n) is 2.97. The third kappa shape index (κ3) is 2.98. The van der Waals surface area contributed by atoms with Gasteiger partial charge in [0.1, 0.15) is 0 Å². The first-order valence-corrected chi connectivity index (χ1v) is 7.39. The second kappa shape index (κ2) is 4.66. The smallest absolute Gasteiger partial charge is 0.240 e. The van der Waals surface area contributed by atoms with Gasteiger partial charge in [-0.1, -0.05) is 13.0 Å². The highest BCUT2D eigenvalue weighted by atomic mass is 32.2. The number of anilines is 1.